The Balaban J connectivity index is 2.28. The zero-order valence-corrected chi connectivity index (χ0v) is 9.92. The molecule has 0 saturated heterocycles. The van der Waals surface area contributed by atoms with Crippen LogP contribution in [0.4, 0.5) is 5.69 Å². The molecule has 1 aliphatic heterocycles. The smallest absolute Gasteiger partial charge is 0.213 e. The van der Waals surface area contributed by atoms with Crippen LogP contribution in [-0.4, -0.2) is 26.1 Å². The summed E-state index contributed by atoms with van der Waals surface area (Å²) in [5.41, 5.74) is 3.51. The van der Waals surface area contributed by atoms with E-state index in [-0.39, 0.29) is 5.90 Å². The molecule has 0 bridgehead atoms. The highest BCUT2D eigenvalue weighted by atomic mass is 16.5. The SMILES string of the molecule is CCOC(=N)c1ccc2c(c1)CCCN2C. The molecule has 1 aromatic rings. The molecule has 2 rings (SSSR count). The Morgan fingerprint density at radius 1 is 1.50 bits per heavy atom. The summed E-state index contributed by atoms with van der Waals surface area (Å²) in [5, 5.41) is 7.76. The average Bonchev–Trinajstić information content (AvgIpc) is 2.29. The fraction of sp³-hybridized carbons (Fsp3) is 0.462. The summed E-state index contributed by atoms with van der Waals surface area (Å²) in [5.74, 6) is 0.276. The van der Waals surface area contributed by atoms with Crippen molar-refractivity contribution < 1.29 is 4.74 Å². The third-order valence-corrected chi connectivity index (χ3v) is 2.98. The number of aryl methyl sites for hydroxylation is 1. The first-order valence-corrected chi connectivity index (χ1v) is 5.78. The summed E-state index contributed by atoms with van der Waals surface area (Å²) in [6.07, 6.45) is 2.29. The number of nitrogens with one attached hydrogen (secondary N) is 1. The molecule has 0 atom stereocenters. The monoisotopic (exact) mass is 218 g/mol. The minimum Gasteiger partial charge on any atom is -0.478 e. The van der Waals surface area contributed by atoms with Crippen LogP contribution < -0.4 is 4.90 Å². The van der Waals surface area contributed by atoms with E-state index in [1.54, 1.807) is 0 Å². The van der Waals surface area contributed by atoms with Crippen LogP contribution in [-0.2, 0) is 11.2 Å². The maximum absolute atomic E-state index is 7.76. The fourth-order valence-electron chi connectivity index (χ4n) is 2.15. The lowest BCUT2D eigenvalue weighted by molar-refractivity contribution is 0.325. The van der Waals surface area contributed by atoms with Crippen LogP contribution >= 0.6 is 0 Å². The molecule has 0 amide bonds. The molecule has 1 heterocycles. The Morgan fingerprint density at radius 2 is 2.31 bits per heavy atom. The van der Waals surface area contributed by atoms with Gasteiger partial charge in [-0.1, -0.05) is 0 Å². The Morgan fingerprint density at radius 3 is 3.06 bits per heavy atom. The summed E-state index contributed by atoms with van der Waals surface area (Å²) < 4.78 is 5.22. The number of benzene rings is 1. The van der Waals surface area contributed by atoms with Gasteiger partial charge in [0, 0.05) is 24.8 Å². The van der Waals surface area contributed by atoms with E-state index >= 15 is 0 Å². The Bertz CT molecular complexity index is 401. The summed E-state index contributed by atoms with van der Waals surface area (Å²) in [6.45, 7) is 3.58. The van der Waals surface area contributed by atoms with Gasteiger partial charge in [0.05, 0.1) is 6.61 Å². The number of hydrogen-bond acceptors (Lipinski definition) is 3. The molecular weight excluding hydrogens is 200 g/mol. The second-order valence-corrected chi connectivity index (χ2v) is 4.13. The van der Waals surface area contributed by atoms with E-state index in [0.29, 0.717) is 6.61 Å². The van der Waals surface area contributed by atoms with Crippen molar-refractivity contribution >= 4 is 11.6 Å². The van der Waals surface area contributed by atoms with Gasteiger partial charge in [0.25, 0.3) is 0 Å². The van der Waals surface area contributed by atoms with Crippen molar-refractivity contribution in [1.29, 1.82) is 5.41 Å². The molecule has 1 aromatic carbocycles. The van der Waals surface area contributed by atoms with Gasteiger partial charge in [-0.15, -0.1) is 0 Å². The lowest BCUT2D eigenvalue weighted by atomic mass is 9.99. The van der Waals surface area contributed by atoms with Crippen LogP contribution in [0.1, 0.15) is 24.5 Å². The lowest BCUT2D eigenvalue weighted by Gasteiger charge is -2.27. The van der Waals surface area contributed by atoms with Gasteiger partial charge in [-0.2, -0.15) is 0 Å². The topological polar surface area (TPSA) is 36.3 Å². The predicted octanol–water partition coefficient (Wildman–Crippen LogP) is 2.43. The molecule has 3 heteroatoms. The van der Waals surface area contributed by atoms with Gasteiger partial charge >= 0.3 is 0 Å². The normalized spacial score (nSPS) is 14.5. The molecule has 0 aromatic heterocycles. The number of nitrogens with zero attached hydrogens (tertiary/aromatic N) is 1. The van der Waals surface area contributed by atoms with Crippen molar-refractivity contribution in [2.75, 3.05) is 25.1 Å². The third kappa shape index (κ3) is 2.03. The van der Waals surface area contributed by atoms with Crippen molar-refractivity contribution in [2.24, 2.45) is 0 Å². The molecule has 1 N–H and O–H groups in total. The van der Waals surface area contributed by atoms with Crippen LogP contribution in [0.2, 0.25) is 0 Å². The fourth-order valence-corrected chi connectivity index (χ4v) is 2.15. The van der Waals surface area contributed by atoms with Crippen LogP contribution in [0, 0.1) is 5.41 Å². The molecule has 0 spiro atoms. The summed E-state index contributed by atoms with van der Waals surface area (Å²) >= 11 is 0. The molecule has 86 valence electrons. The minimum absolute atomic E-state index is 0.276. The second kappa shape index (κ2) is 4.56. The summed E-state index contributed by atoms with van der Waals surface area (Å²) in [7, 11) is 2.12. The van der Waals surface area contributed by atoms with Crippen molar-refractivity contribution in [3.05, 3.63) is 29.3 Å². The largest absolute Gasteiger partial charge is 0.478 e. The van der Waals surface area contributed by atoms with Crippen molar-refractivity contribution in [1.82, 2.24) is 0 Å². The van der Waals surface area contributed by atoms with E-state index in [1.807, 2.05) is 13.0 Å². The molecule has 0 radical (unpaired) electrons. The van der Waals surface area contributed by atoms with Gasteiger partial charge in [-0.3, -0.25) is 5.41 Å². The Kier molecular flexibility index (Phi) is 3.13. The van der Waals surface area contributed by atoms with E-state index < -0.39 is 0 Å². The molecule has 1 aliphatic rings. The number of fused-ring (bicyclic) bond motifs is 1. The van der Waals surface area contributed by atoms with Crippen molar-refractivity contribution in [3.63, 3.8) is 0 Å². The van der Waals surface area contributed by atoms with Gasteiger partial charge in [0.15, 0.2) is 0 Å². The van der Waals surface area contributed by atoms with E-state index in [4.69, 9.17) is 10.1 Å². The molecule has 16 heavy (non-hydrogen) atoms. The molecule has 0 saturated carbocycles. The molecule has 0 unspecified atom stereocenters. The van der Waals surface area contributed by atoms with Crippen LogP contribution in [0.25, 0.3) is 0 Å². The number of ether oxygens (including phenoxy) is 1. The van der Waals surface area contributed by atoms with Crippen molar-refractivity contribution in [2.45, 2.75) is 19.8 Å². The maximum atomic E-state index is 7.76. The molecule has 3 nitrogen and oxygen atoms in total. The quantitative estimate of drug-likeness (QED) is 0.611. The number of hydrogen-bond donors (Lipinski definition) is 1. The lowest BCUT2D eigenvalue weighted by Crippen LogP contribution is -2.24. The van der Waals surface area contributed by atoms with Gasteiger partial charge < -0.3 is 9.64 Å². The molecule has 0 fully saturated rings. The summed E-state index contributed by atoms with van der Waals surface area (Å²) in [4.78, 5) is 2.27. The maximum Gasteiger partial charge on any atom is 0.213 e. The zero-order chi connectivity index (χ0) is 11.5. The Labute approximate surface area is 96.5 Å². The van der Waals surface area contributed by atoms with Gasteiger partial charge in [-0.05, 0) is 43.5 Å². The van der Waals surface area contributed by atoms with Crippen LogP contribution in [0.5, 0.6) is 0 Å². The van der Waals surface area contributed by atoms with E-state index in [1.165, 1.54) is 17.7 Å². The molecular formula is C13H18N2O. The average molecular weight is 218 g/mol. The highest BCUT2D eigenvalue weighted by Gasteiger charge is 2.14. The first-order chi connectivity index (χ1) is 7.72. The number of anilines is 1. The van der Waals surface area contributed by atoms with Crippen LogP contribution in [0.15, 0.2) is 18.2 Å². The van der Waals surface area contributed by atoms with Gasteiger partial charge in [-0.25, -0.2) is 0 Å². The second-order valence-electron chi connectivity index (χ2n) is 4.13. The first kappa shape index (κ1) is 11.0. The molecule has 0 aliphatic carbocycles. The number of rotatable bonds is 2. The first-order valence-electron chi connectivity index (χ1n) is 5.78. The standard InChI is InChI=1S/C13H18N2O/c1-3-16-13(14)11-6-7-12-10(9-11)5-4-8-15(12)2/h6-7,9,14H,3-5,8H2,1-2H3. The zero-order valence-electron chi connectivity index (χ0n) is 9.92. The summed E-state index contributed by atoms with van der Waals surface area (Å²) in [6, 6.07) is 6.15. The van der Waals surface area contributed by atoms with E-state index in [2.05, 4.69) is 24.1 Å². The van der Waals surface area contributed by atoms with Crippen LogP contribution in [0.3, 0.4) is 0 Å². The predicted molar refractivity (Wildman–Crippen MR) is 66.5 cm³/mol. The highest BCUT2D eigenvalue weighted by Crippen LogP contribution is 2.26. The van der Waals surface area contributed by atoms with E-state index in [9.17, 15) is 0 Å². The highest BCUT2D eigenvalue weighted by molar-refractivity contribution is 5.92. The van der Waals surface area contributed by atoms with Gasteiger partial charge in [0.1, 0.15) is 0 Å². The van der Waals surface area contributed by atoms with Crippen molar-refractivity contribution in [3.8, 4) is 0 Å². The minimum atomic E-state index is 0.276. The Hall–Kier alpha value is -1.51. The van der Waals surface area contributed by atoms with E-state index in [0.717, 1.165) is 18.5 Å². The van der Waals surface area contributed by atoms with Gasteiger partial charge in [0.2, 0.25) is 5.90 Å². The third-order valence-electron chi connectivity index (χ3n) is 2.98.